The van der Waals surface area contributed by atoms with E-state index in [1.54, 1.807) is 28.4 Å². The summed E-state index contributed by atoms with van der Waals surface area (Å²) in [5.41, 5.74) is 12.2. The Labute approximate surface area is 365 Å². The van der Waals surface area contributed by atoms with Gasteiger partial charge in [-0.1, -0.05) is 48.6 Å². The third-order valence-corrected chi connectivity index (χ3v) is 10.9. The van der Waals surface area contributed by atoms with Crippen molar-refractivity contribution in [2.45, 2.75) is 12.1 Å². The summed E-state index contributed by atoms with van der Waals surface area (Å²) in [4.78, 5) is 20.1. The van der Waals surface area contributed by atoms with Crippen LogP contribution in [0.4, 0.5) is 0 Å². The number of pyridine rings is 2. The Morgan fingerprint density at radius 2 is 0.672 bits per heavy atom. The zero-order valence-electron chi connectivity index (χ0n) is 34.0. The average Bonchev–Trinajstić information content (AvgIpc) is 3.33. The molecule has 305 valence electrons. The molecule has 1 aliphatic carbocycles. The van der Waals surface area contributed by atoms with Gasteiger partial charge in [0.05, 0.1) is 62.3 Å². The fourth-order valence-corrected chi connectivity index (χ4v) is 7.57. The quantitative estimate of drug-likeness (QED) is 0.112. The zero-order valence-corrected chi connectivity index (χ0v) is 35.0. The van der Waals surface area contributed by atoms with E-state index in [0.717, 1.165) is 89.9 Å². The maximum atomic E-state index is 5.27. The molecule has 2 aromatic heterocycles. The van der Waals surface area contributed by atoms with Crippen molar-refractivity contribution in [3.63, 3.8) is 0 Å². The van der Waals surface area contributed by atoms with Gasteiger partial charge in [0.1, 0.15) is 35.1 Å². The first-order chi connectivity index (χ1) is 29.5. The van der Waals surface area contributed by atoms with Crippen LogP contribution in [0.3, 0.4) is 0 Å². The molecule has 4 heterocycles. The van der Waals surface area contributed by atoms with Gasteiger partial charge < -0.3 is 18.9 Å². The number of rotatable bonds is 8. The Kier molecular flexibility index (Phi) is 12.0. The average molecular weight is 850 g/mol. The molecule has 0 bridgehead atoms. The molecule has 2 atom stereocenters. The van der Waals surface area contributed by atoms with E-state index in [2.05, 4.69) is 60.7 Å². The number of dihydropyridines is 2. The molecule has 8 nitrogen and oxygen atoms in total. The standard InChI is InChI=1S/C26H22N2O2.C26H20N2O2.Cu/c2*1-29-21-11-5-17(6-12-21)23-15-9-19-3-4-20-10-16-24(28-26(20)25(19)27-23)18-7-13-22(30-2)14-8-18;/h3-16,25-26H,1-2H3;3-16H,1-2H3;. The number of methoxy groups -OCH3 is 4. The Morgan fingerprint density at radius 1 is 0.361 bits per heavy atom. The number of aliphatic imine (C=N–C) groups is 2. The van der Waals surface area contributed by atoms with Gasteiger partial charge >= 0.3 is 0 Å². The molecular formula is C52H42CuN4O4. The molecule has 0 amide bonds. The van der Waals surface area contributed by atoms with E-state index >= 15 is 0 Å². The molecule has 7 aromatic rings. The van der Waals surface area contributed by atoms with E-state index in [0.29, 0.717) is 0 Å². The molecular weight excluding hydrogens is 808 g/mol. The van der Waals surface area contributed by atoms with Crippen molar-refractivity contribution in [3.05, 3.63) is 192 Å². The molecule has 3 aliphatic rings. The van der Waals surface area contributed by atoms with Gasteiger partial charge in [-0.05, 0) is 144 Å². The maximum Gasteiger partial charge on any atom is 0.118 e. The molecule has 0 N–H and O–H groups in total. The number of aromatic nitrogens is 2. The predicted octanol–water partition coefficient (Wildman–Crippen LogP) is 10.9. The van der Waals surface area contributed by atoms with E-state index in [-0.39, 0.29) is 29.2 Å². The van der Waals surface area contributed by atoms with Crippen molar-refractivity contribution in [2.24, 2.45) is 9.98 Å². The van der Waals surface area contributed by atoms with Crippen LogP contribution < -0.4 is 18.9 Å². The summed E-state index contributed by atoms with van der Waals surface area (Å²) in [5.74, 6) is 3.34. The fraction of sp³-hybridized carbons (Fsp3) is 0.115. The minimum atomic E-state index is -0.0229. The largest absolute Gasteiger partial charge is 0.497 e. The predicted molar refractivity (Wildman–Crippen MR) is 242 cm³/mol. The third-order valence-electron chi connectivity index (χ3n) is 10.9. The number of nitrogens with zero attached hydrogens (tertiary/aromatic N) is 4. The molecule has 2 unspecified atom stereocenters. The second kappa shape index (κ2) is 18.1. The first-order valence-electron chi connectivity index (χ1n) is 19.7. The minimum Gasteiger partial charge on any atom is -0.497 e. The summed E-state index contributed by atoms with van der Waals surface area (Å²) in [6.07, 6.45) is 12.8. The Morgan fingerprint density at radius 3 is 1.00 bits per heavy atom. The summed E-state index contributed by atoms with van der Waals surface area (Å²) in [6.45, 7) is 0. The molecule has 9 heteroatoms. The van der Waals surface area contributed by atoms with E-state index in [1.165, 1.54) is 11.1 Å². The van der Waals surface area contributed by atoms with Gasteiger partial charge in [-0.2, -0.15) is 0 Å². The summed E-state index contributed by atoms with van der Waals surface area (Å²) in [5, 5.41) is 2.14. The van der Waals surface area contributed by atoms with Crippen LogP contribution in [0, 0.1) is 0 Å². The van der Waals surface area contributed by atoms with Gasteiger partial charge in [0.15, 0.2) is 0 Å². The van der Waals surface area contributed by atoms with Gasteiger partial charge in [-0.25, -0.2) is 9.97 Å². The molecule has 5 aromatic carbocycles. The monoisotopic (exact) mass is 849 g/mol. The maximum absolute atomic E-state index is 5.27. The van der Waals surface area contributed by atoms with Crippen LogP contribution >= 0.6 is 0 Å². The van der Waals surface area contributed by atoms with Crippen molar-refractivity contribution < 1.29 is 36.0 Å². The smallest absolute Gasteiger partial charge is 0.118 e. The molecule has 1 radical (unpaired) electrons. The first kappa shape index (κ1) is 40.7. The van der Waals surface area contributed by atoms with E-state index in [4.69, 9.17) is 38.9 Å². The number of allylic oxidation sites excluding steroid dienone is 4. The summed E-state index contributed by atoms with van der Waals surface area (Å²) >= 11 is 0. The molecule has 0 saturated heterocycles. The summed E-state index contributed by atoms with van der Waals surface area (Å²) < 4.78 is 21.1. The van der Waals surface area contributed by atoms with Crippen molar-refractivity contribution in [2.75, 3.05) is 28.4 Å². The summed E-state index contributed by atoms with van der Waals surface area (Å²) in [7, 11) is 6.69. The third kappa shape index (κ3) is 8.53. The van der Waals surface area contributed by atoms with Crippen LogP contribution in [0.1, 0.15) is 11.1 Å². The Hall–Kier alpha value is -7.06. The molecule has 0 saturated carbocycles. The van der Waals surface area contributed by atoms with E-state index in [9.17, 15) is 0 Å². The first-order valence-corrected chi connectivity index (χ1v) is 19.7. The van der Waals surface area contributed by atoms with Crippen LogP contribution in [0.15, 0.2) is 191 Å². The van der Waals surface area contributed by atoms with Crippen molar-refractivity contribution in [1.29, 1.82) is 0 Å². The Bertz CT molecular complexity index is 2700. The van der Waals surface area contributed by atoms with Crippen LogP contribution in [0.25, 0.3) is 44.3 Å². The number of ether oxygens (including phenoxy) is 4. The SMILES string of the molecule is COc1ccc(-c2ccc3ccc4ccc(-c5ccc(OC)cc5)nc4c3n2)cc1.COc1ccc(C2=NC3C(=CC=C4C=CC(c5ccc(OC)cc5)=NC43)C=C2)cc1.[Cu]. The van der Waals surface area contributed by atoms with Gasteiger partial charge in [0.25, 0.3) is 0 Å². The number of benzene rings is 5. The molecule has 0 fully saturated rings. The van der Waals surface area contributed by atoms with Crippen LogP contribution in [0.5, 0.6) is 23.0 Å². The van der Waals surface area contributed by atoms with E-state index in [1.807, 2.05) is 109 Å². The van der Waals surface area contributed by atoms with Crippen LogP contribution in [-0.4, -0.2) is 61.9 Å². The Balaban J connectivity index is 0.000000166. The number of hydrogen-bond acceptors (Lipinski definition) is 8. The second-order valence-corrected chi connectivity index (χ2v) is 14.4. The van der Waals surface area contributed by atoms with Crippen LogP contribution in [0.2, 0.25) is 0 Å². The second-order valence-electron chi connectivity index (χ2n) is 14.4. The normalized spacial score (nSPS) is 16.0. The van der Waals surface area contributed by atoms with Gasteiger partial charge in [0.2, 0.25) is 0 Å². The van der Waals surface area contributed by atoms with Crippen molar-refractivity contribution in [1.82, 2.24) is 9.97 Å². The van der Waals surface area contributed by atoms with Gasteiger partial charge in [-0.3, -0.25) is 9.98 Å². The minimum absolute atomic E-state index is 0. The summed E-state index contributed by atoms with van der Waals surface area (Å²) in [6, 6.07) is 44.4. The molecule has 2 aliphatic heterocycles. The topological polar surface area (TPSA) is 87.4 Å². The van der Waals surface area contributed by atoms with Crippen molar-refractivity contribution in [3.8, 4) is 45.5 Å². The fourth-order valence-electron chi connectivity index (χ4n) is 7.57. The number of hydrogen-bond donors (Lipinski definition) is 0. The van der Waals surface area contributed by atoms with Crippen LogP contribution in [-0.2, 0) is 17.1 Å². The molecule has 10 rings (SSSR count). The molecule has 61 heavy (non-hydrogen) atoms. The van der Waals surface area contributed by atoms with E-state index < -0.39 is 0 Å². The zero-order chi connectivity index (χ0) is 41.0. The number of fused-ring (bicyclic) bond motifs is 6. The van der Waals surface area contributed by atoms with Gasteiger partial charge in [-0.15, -0.1) is 0 Å². The molecule has 0 spiro atoms. The van der Waals surface area contributed by atoms with Crippen molar-refractivity contribution >= 4 is 33.2 Å². The van der Waals surface area contributed by atoms with Gasteiger partial charge in [0, 0.05) is 39.0 Å².